The molecule has 0 bridgehead atoms. The zero-order chi connectivity index (χ0) is 12.1. The summed E-state index contributed by atoms with van der Waals surface area (Å²) in [6.45, 7) is 7.12. The molecule has 0 amide bonds. The van der Waals surface area contributed by atoms with Crippen molar-refractivity contribution in [2.24, 2.45) is 0 Å². The van der Waals surface area contributed by atoms with Gasteiger partial charge in [0, 0.05) is 24.6 Å². The van der Waals surface area contributed by atoms with Crippen molar-refractivity contribution in [3.8, 4) is 0 Å². The molecule has 0 spiro atoms. The topological polar surface area (TPSA) is 20.3 Å². The number of ketones is 1. The Bertz CT molecular complexity index is 340. The number of benzene rings is 1. The lowest BCUT2D eigenvalue weighted by Crippen LogP contribution is -2.28. The van der Waals surface area contributed by atoms with Crippen LogP contribution in [0.2, 0.25) is 0 Å². The van der Waals surface area contributed by atoms with Gasteiger partial charge in [0.15, 0.2) is 5.78 Å². The molecule has 1 aromatic carbocycles. The van der Waals surface area contributed by atoms with Crippen LogP contribution in [-0.4, -0.2) is 30.3 Å². The van der Waals surface area contributed by atoms with Crippen molar-refractivity contribution in [1.29, 1.82) is 0 Å². The minimum atomic E-state index is 0.229. The van der Waals surface area contributed by atoms with E-state index < -0.39 is 0 Å². The van der Waals surface area contributed by atoms with Gasteiger partial charge in [-0.3, -0.25) is 4.79 Å². The largest absolute Gasteiger partial charge is 0.304 e. The van der Waals surface area contributed by atoms with Crippen LogP contribution in [0.3, 0.4) is 0 Å². The van der Waals surface area contributed by atoms with Crippen LogP contribution in [0.1, 0.15) is 36.2 Å². The van der Waals surface area contributed by atoms with Gasteiger partial charge >= 0.3 is 0 Å². The molecule has 0 saturated carbocycles. The highest BCUT2D eigenvalue weighted by Gasteiger charge is 2.08. The number of carbonyl (C=O) groups is 1. The number of hydrogen-bond donors (Lipinski definition) is 0. The van der Waals surface area contributed by atoms with Crippen LogP contribution in [0, 0.1) is 6.92 Å². The van der Waals surface area contributed by atoms with Gasteiger partial charge in [0.2, 0.25) is 0 Å². The molecule has 16 heavy (non-hydrogen) atoms. The third kappa shape index (κ3) is 3.78. The quantitative estimate of drug-likeness (QED) is 0.710. The normalized spacial score (nSPS) is 11.1. The van der Waals surface area contributed by atoms with Crippen molar-refractivity contribution in [3.05, 3.63) is 35.4 Å². The molecule has 0 aliphatic carbocycles. The molecule has 0 aliphatic heterocycles. The van der Waals surface area contributed by atoms with E-state index in [-0.39, 0.29) is 5.78 Å². The van der Waals surface area contributed by atoms with E-state index in [1.54, 1.807) is 0 Å². The minimum Gasteiger partial charge on any atom is -0.304 e. The molecular weight excluding hydrogens is 198 g/mol. The molecule has 2 heteroatoms. The Morgan fingerprint density at radius 1 is 1.25 bits per heavy atom. The predicted octanol–water partition coefficient (Wildman–Crippen LogP) is 2.91. The summed E-state index contributed by atoms with van der Waals surface area (Å²) in [7, 11) is 2.05. The summed E-state index contributed by atoms with van der Waals surface area (Å²) in [5.74, 6) is 0.229. The summed E-state index contributed by atoms with van der Waals surface area (Å²) in [5, 5.41) is 0. The highest BCUT2D eigenvalue weighted by atomic mass is 16.1. The Labute approximate surface area is 98.3 Å². The molecule has 0 saturated heterocycles. The van der Waals surface area contributed by atoms with E-state index in [0.29, 0.717) is 12.5 Å². The zero-order valence-corrected chi connectivity index (χ0v) is 10.7. The summed E-state index contributed by atoms with van der Waals surface area (Å²) in [6, 6.07) is 8.28. The van der Waals surface area contributed by atoms with E-state index >= 15 is 0 Å². The van der Waals surface area contributed by atoms with Crippen molar-refractivity contribution in [3.63, 3.8) is 0 Å². The second kappa shape index (κ2) is 5.80. The zero-order valence-electron chi connectivity index (χ0n) is 10.7. The lowest BCUT2D eigenvalue weighted by atomic mass is 10.1. The van der Waals surface area contributed by atoms with Crippen molar-refractivity contribution in [1.82, 2.24) is 4.90 Å². The van der Waals surface area contributed by atoms with E-state index in [2.05, 4.69) is 18.7 Å². The van der Waals surface area contributed by atoms with Crippen LogP contribution in [0.15, 0.2) is 24.3 Å². The molecule has 0 aromatic heterocycles. The first-order chi connectivity index (χ1) is 7.50. The fourth-order valence-corrected chi connectivity index (χ4v) is 1.42. The molecule has 88 valence electrons. The maximum absolute atomic E-state index is 11.9. The lowest BCUT2D eigenvalue weighted by Gasteiger charge is -2.20. The van der Waals surface area contributed by atoms with Gasteiger partial charge in [-0.1, -0.05) is 29.8 Å². The van der Waals surface area contributed by atoms with Gasteiger partial charge in [-0.05, 0) is 27.8 Å². The molecule has 0 radical (unpaired) electrons. The molecule has 0 aliphatic rings. The SMILES string of the molecule is Cc1ccc(C(=O)CCN(C)C(C)C)cc1. The summed E-state index contributed by atoms with van der Waals surface area (Å²) >= 11 is 0. The first-order valence-corrected chi connectivity index (χ1v) is 5.81. The van der Waals surface area contributed by atoms with Gasteiger partial charge in [0.25, 0.3) is 0 Å². The highest BCUT2D eigenvalue weighted by Crippen LogP contribution is 2.07. The van der Waals surface area contributed by atoms with E-state index in [0.717, 1.165) is 12.1 Å². The Morgan fingerprint density at radius 3 is 2.31 bits per heavy atom. The minimum absolute atomic E-state index is 0.229. The van der Waals surface area contributed by atoms with Gasteiger partial charge < -0.3 is 4.90 Å². The third-order valence-corrected chi connectivity index (χ3v) is 2.95. The molecule has 0 fully saturated rings. The maximum atomic E-state index is 11.9. The lowest BCUT2D eigenvalue weighted by molar-refractivity contribution is 0.0964. The van der Waals surface area contributed by atoms with Gasteiger partial charge in [-0.15, -0.1) is 0 Å². The monoisotopic (exact) mass is 219 g/mol. The van der Waals surface area contributed by atoms with Gasteiger partial charge in [0.1, 0.15) is 0 Å². The standard InChI is InChI=1S/C14H21NO/c1-11(2)15(4)10-9-14(16)13-7-5-12(3)6-8-13/h5-8,11H,9-10H2,1-4H3. The first-order valence-electron chi connectivity index (χ1n) is 5.81. The van der Waals surface area contributed by atoms with Crippen LogP contribution >= 0.6 is 0 Å². The molecule has 0 unspecified atom stereocenters. The van der Waals surface area contributed by atoms with E-state index in [1.165, 1.54) is 5.56 Å². The third-order valence-electron chi connectivity index (χ3n) is 2.95. The van der Waals surface area contributed by atoms with Crippen LogP contribution < -0.4 is 0 Å². The molecule has 2 nitrogen and oxygen atoms in total. The van der Waals surface area contributed by atoms with Gasteiger partial charge in [0.05, 0.1) is 0 Å². The van der Waals surface area contributed by atoms with E-state index in [4.69, 9.17) is 0 Å². The second-order valence-electron chi connectivity index (χ2n) is 4.61. The fourth-order valence-electron chi connectivity index (χ4n) is 1.42. The molecule has 0 N–H and O–H groups in total. The molecule has 1 rings (SSSR count). The van der Waals surface area contributed by atoms with Gasteiger partial charge in [-0.25, -0.2) is 0 Å². The molecular formula is C14H21NO. The number of aryl methyl sites for hydroxylation is 1. The van der Waals surface area contributed by atoms with Crippen molar-refractivity contribution in [2.45, 2.75) is 33.2 Å². The predicted molar refractivity (Wildman–Crippen MR) is 67.9 cm³/mol. The van der Waals surface area contributed by atoms with Crippen molar-refractivity contribution in [2.75, 3.05) is 13.6 Å². The molecule has 0 heterocycles. The Kier molecular flexibility index (Phi) is 4.69. The van der Waals surface area contributed by atoms with E-state index in [1.807, 2.05) is 38.2 Å². The number of hydrogen-bond acceptors (Lipinski definition) is 2. The van der Waals surface area contributed by atoms with Crippen LogP contribution in [0.25, 0.3) is 0 Å². The van der Waals surface area contributed by atoms with Crippen LogP contribution in [0.5, 0.6) is 0 Å². The smallest absolute Gasteiger partial charge is 0.164 e. The Hall–Kier alpha value is -1.15. The summed E-state index contributed by atoms with van der Waals surface area (Å²) < 4.78 is 0. The first kappa shape index (κ1) is 12.9. The molecule has 1 aromatic rings. The Balaban J connectivity index is 2.50. The maximum Gasteiger partial charge on any atom is 0.164 e. The summed E-state index contributed by atoms with van der Waals surface area (Å²) in [4.78, 5) is 14.0. The van der Waals surface area contributed by atoms with Gasteiger partial charge in [-0.2, -0.15) is 0 Å². The van der Waals surface area contributed by atoms with Crippen molar-refractivity contribution < 1.29 is 4.79 Å². The van der Waals surface area contributed by atoms with Crippen molar-refractivity contribution >= 4 is 5.78 Å². The number of Topliss-reactive ketones (excluding diaryl/α,β-unsaturated/α-hetero) is 1. The number of carbonyl (C=O) groups excluding carboxylic acids is 1. The highest BCUT2D eigenvalue weighted by molar-refractivity contribution is 5.96. The number of nitrogens with zero attached hydrogens (tertiary/aromatic N) is 1. The average molecular weight is 219 g/mol. The second-order valence-corrected chi connectivity index (χ2v) is 4.61. The summed E-state index contributed by atoms with van der Waals surface area (Å²) in [6.07, 6.45) is 0.595. The number of rotatable bonds is 5. The van der Waals surface area contributed by atoms with Crippen LogP contribution in [0.4, 0.5) is 0 Å². The molecule has 0 atom stereocenters. The fraction of sp³-hybridized carbons (Fsp3) is 0.500. The Morgan fingerprint density at radius 2 is 1.81 bits per heavy atom. The van der Waals surface area contributed by atoms with Crippen LogP contribution in [-0.2, 0) is 0 Å². The summed E-state index contributed by atoms with van der Waals surface area (Å²) in [5.41, 5.74) is 2.01. The van der Waals surface area contributed by atoms with E-state index in [9.17, 15) is 4.79 Å². The average Bonchev–Trinajstić information content (AvgIpc) is 2.26.